The van der Waals surface area contributed by atoms with Crippen molar-refractivity contribution in [2.45, 2.75) is 19.4 Å². The second kappa shape index (κ2) is 8.51. The summed E-state index contributed by atoms with van der Waals surface area (Å²) in [5.74, 6) is 0.205. The Bertz CT molecular complexity index is 736. The maximum atomic E-state index is 12.2. The van der Waals surface area contributed by atoms with Crippen LogP contribution in [0.3, 0.4) is 0 Å². The van der Waals surface area contributed by atoms with Crippen molar-refractivity contribution >= 4 is 12.0 Å². The lowest BCUT2D eigenvalue weighted by Gasteiger charge is -2.31. The number of hydrogen-bond donors (Lipinski definition) is 1. The molecule has 0 saturated carbocycles. The SMILES string of the molecule is Cn1ccc(C(=O)NCC2CCN(C(=O)OCc3ccccc3)CC2)n1. The molecular weight excluding hydrogens is 332 g/mol. The summed E-state index contributed by atoms with van der Waals surface area (Å²) < 4.78 is 6.97. The number of aryl methyl sites for hydroxylation is 1. The number of piperidine rings is 1. The molecule has 0 bridgehead atoms. The summed E-state index contributed by atoms with van der Waals surface area (Å²) in [5, 5.41) is 7.01. The largest absolute Gasteiger partial charge is 0.445 e. The molecule has 7 nitrogen and oxygen atoms in total. The Morgan fingerprint density at radius 2 is 1.92 bits per heavy atom. The van der Waals surface area contributed by atoms with Gasteiger partial charge in [0.25, 0.3) is 5.91 Å². The molecule has 7 heteroatoms. The van der Waals surface area contributed by atoms with Crippen molar-refractivity contribution < 1.29 is 14.3 Å². The number of benzene rings is 1. The van der Waals surface area contributed by atoms with Crippen molar-refractivity contribution in [1.29, 1.82) is 0 Å². The van der Waals surface area contributed by atoms with Crippen molar-refractivity contribution in [2.75, 3.05) is 19.6 Å². The molecule has 0 spiro atoms. The minimum absolute atomic E-state index is 0.157. The van der Waals surface area contributed by atoms with Crippen LogP contribution < -0.4 is 5.32 Å². The summed E-state index contributed by atoms with van der Waals surface area (Å²) in [7, 11) is 1.78. The number of carbonyl (C=O) groups excluding carboxylic acids is 2. The molecule has 2 aromatic rings. The zero-order valence-corrected chi connectivity index (χ0v) is 14.9. The van der Waals surface area contributed by atoms with Crippen LogP contribution in [0.15, 0.2) is 42.6 Å². The Kier molecular flexibility index (Phi) is 5.88. The second-order valence-electron chi connectivity index (χ2n) is 6.56. The van der Waals surface area contributed by atoms with E-state index in [2.05, 4.69) is 10.4 Å². The zero-order chi connectivity index (χ0) is 18.4. The Balaban J connectivity index is 1.37. The van der Waals surface area contributed by atoms with Gasteiger partial charge in [0.2, 0.25) is 0 Å². The lowest BCUT2D eigenvalue weighted by molar-refractivity contribution is 0.0800. The number of likely N-dealkylation sites (tertiary alicyclic amines) is 1. The average Bonchev–Trinajstić information content (AvgIpc) is 3.12. The highest BCUT2D eigenvalue weighted by Crippen LogP contribution is 2.17. The molecule has 0 radical (unpaired) electrons. The number of carbonyl (C=O) groups is 2. The summed E-state index contributed by atoms with van der Waals surface area (Å²) in [6.07, 6.45) is 3.17. The maximum Gasteiger partial charge on any atom is 0.410 e. The molecule has 1 aliphatic heterocycles. The van der Waals surface area contributed by atoms with Gasteiger partial charge in [0.1, 0.15) is 12.3 Å². The van der Waals surface area contributed by atoms with Crippen LogP contribution in [0.1, 0.15) is 28.9 Å². The summed E-state index contributed by atoms with van der Waals surface area (Å²) in [4.78, 5) is 25.9. The van der Waals surface area contributed by atoms with Crippen LogP contribution in [0, 0.1) is 5.92 Å². The Hall–Kier alpha value is -2.83. The molecule has 3 rings (SSSR count). The first-order valence-electron chi connectivity index (χ1n) is 8.85. The van der Waals surface area contributed by atoms with Gasteiger partial charge in [0, 0.05) is 32.9 Å². The molecule has 1 aromatic carbocycles. The monoisotopic (exact) mass is 356 g/mol. The molecule has 1 saturated heterocycles. The van der Waals surface area contributed by atoms with Gasteiger partial charge in [-0.25, -0.2) is 4.79 Å². The Labute approximate surface area is 152 Å². The first-order chi connectivity index (χ1) is 12.6. The van der Waals surface area contributed by atoms with Gasteiger partial charge in [-0.05, 0) is 30.4 Å². The molecule has 2 heterocycles. The predicted molar refractivity (Wildman–Crippen MR) is 96.5 cm³/mol. The first-order valence-corrected chi connectivity index (χ1v) is 8.85. The third-order valence-electron chi connectivity index (χ3n) is 4.58. The number of rotatable bonds is 5. The molecule has 1 aliphatic rings. The van der Waals surface area contributed by atoms with Crippen LogP contribution >= 0.6 is 0 Å². The van der Waals surface area contributed by atoms with Crippen LogP contribution in [0.5, 0.6) is 0 Å². The third-order valence-corrected chi connectivity index (χ3v) is 4.58. The first kappa shape index (κ1) is 18.0. The molecular formula is C19H24N4O3. The van der Waals surface area contributed by atoms with Gasteiger partial charge in [-0.3, -0.25) is 9.48 Å². The molecule has 26 heavy (non-hydrogen) atoms. The predicted octanol–water partition coefficient (Wildman–Crippen LogP) is 2.20. The van der Waals surface area contributed by atoms with Gasteiger partial charge in [0.05, 0.1) is 0 Å². The van der Waals surface area contributed by atoms with E-state index in [9.17, 15) is 9.59 Å². The van der Waals surface area contributed by atoms with E-state index >= 15 is 0 Å². The van der Waals surface area contributed by atoms with E-state index in [0.29, 0.717) is 37.9 Å². The summed E-state index contributed by atoms with van der Waals surface area (Å²) in [5.41, 5.74) is 1.40. The van der Waals surface area contributed by atoms with Gasteiger partial charge in [-0.2, -0.15) is 5.10 Å². The minimum atomic E-state index is -0.273. The highest BCUT2D eigenvalue weighted by Gasteiger charge is 2.24. The average molecular weight is 356 g/mol. The van der Waals surface area contributed by atoms with Crippen molar-refractivity contribution in [3.8, 4) is 0 Å². The van der Waals surface area contributed by atoms with E-state index < -0.39 is 0 Å². The quantitative estimate of drug-likeness (QED) is 0.891. The van der Waals surface area contributed by atoms with Crippen molar-refractivity contribution in [3.63, 3.8) is 0 Å². The fourth-order valence-corrected chi connectivity index (χ4v) is 2.99. The standard InChI is InChI=1S/C19H24N4O3/c1-22-10-9-17(21-22)18(24)20-13-15-7-11-23(12-8-15)19(25)26-14-16-5-3-2-4-6-16/h2-6,9-10,15H,7-8,11-14H2,1H3,(H,20,24). The number of nitrogens with one attached hydrogen (secondary N) is 1. The van der Waals surface area contributed by atoms with E-state index in [-0.39, 0.29) is 12.0 Å². The van der Waals surface area contributed by atoms with Gasteiger partial charge in [-0.15, -0.1) is 0 Å². The van der Waals surface area contributed by atoms with Crippen molar-refractivity contribution in [1.82, 2.24) is 20.0 Å². The number of aromatic nitrogens is 2. The smallest absolute Gasteiger partial charge is 0.410 e. The van der Waals surface area contributed by atoms with E-state index in [1.54, 1.807) is 28.9 Å². The molecule has 1 fully saturated rings. The van der Waals surface area contributed by atoms with Crippen LogP contribution in [0.4, 0.5) is 4.79 Å². The molecule has 0 unspecified atom stereocenters. The van der Waals surface area contributed by atoms with E-state index in [1.165, 1.54) is 0 Å². The fourth-order valence-electron chi connectivity index (χ4n) is 2.99. The Morgan fingerprint density at radius 1 is 1.19 bits per heavy atom. The van der Waals surface area contributed by atoms with E-state index in [0.717, 1.165) is 18.4 Å². The van der Waals surface area contributed by atoms with Crippen molar-refractivity contribution in [3.05, 3.63) is 53.9 Å². The highest BCUT2D eigenvalue weighted by atomic mass is 16.6. The van der Waals surface area contributed by atoms with Crippen LogP contribution in [0.25, 0.3) is 0 Å². The van der Waals surface area contributed by atoms with Gasteiger partial charge < -0.3 is 15.0 Å². The van der Waals surface area contributed by atoms with Gasteiger partial charge in [0.15, 0.2) is 0 Å². The molecule has 0 atom stereocenters. The normalized spacial score (nSPS) is 14.9. The number of ether oxygens (including phenoxy) is 1. The maximum absolute atomic E-state index is 12.2. The molecule has 138 valence electrons. The van der Waals surface area contributed by atoms with Crippen LogP contribution in [-0.4, -0.2) is 46.3 Å². The number of amides is 2. The third kappa shape index (κ3) is 4.84. The molecule has 2 amide bonds. The summed E-state index contributed by atoms with van der Waals surface area (Å²) in [6, 6.07) is 11.3. The summed E-state index contributed by atoms with van der Waals surface area (Å²) >= 11 is 0. The minimum Gasteiger partial charge on any atom is -0.445 e. The van der Waals surface area contributed by atoms with E-state index in [4.69, 9.17) is 4.74 Å². The molecule has 1 aromatic heterocycles. The second-order valence-corrected chi connectivity index (χ2v) is 6.56. The summed E-state index contributed by atoms with van der Waals surface area (Å²) in [6.45, 7) is 2.19. The van der Waals surface area contributed by atoms with Crippen LogP contribution in [-0.2, 0) is 18.4 Å². The van der Waals surface area contributed by atoms with Crippen molar-refractivity contribution in [2.24, 2.45) is 13.0 Å². The molecule has 0 aliphatic carbocycles. The fraction of sp³-hybridized carbons (Fsp3) is 0.421. The lowest BCUT2D eigenvalue weighted by atomic mass is 9.97. The molecule has 1 N–H and O–H groups in total. The van der Waals surface area contributed by atoms with Crippen LogP contribution in [0.2, 0.25) is 0 Å². The zero-order valence-electron chi connectivity index (χ0n) is 14.9. The lowest BCUT2D eigenvalue weighted by Crippen LogP contribution is -2.41. The van der Waals surface area contributed by atoms with E-state index in [1.807, 2.05) is 30.3 Å². The highest BCUT2D eigenvalue weighted by molar-refractivity contribution is 5.92. The van der Waals surface area contributed by atoms with Gasteiger partial charge in [-0.1, -0.05) is 30.3 Å². The number of hydrogen-bond acceptors (Lipinski definition) is 4. The number of nitrogens with zero attached hydrogens (tertiary/aromatic N) is 3. The topological polar surface area (TPSA) is 76.5 Å². The Morgan fingerprint density at radius 3 is 2.58 bits per heavy atom. The van der Waals surface area contributed by atoms with Gasteiger partial charge >= 0.3 is 6.09 Å².